The quantitative estimate of drug-likeness (QED) is 0.786. The third-order valence-electron chi connectivity index (χ3n) is 4.46. The minimum atomic E-state index is -1.30. The number of aromatic nitrogens is 2. The molecule has 0 aliphatic heterocycles. The van der Waals surface area contributed by atoms with Gasteiger partial charge in [-0.15, -0.1) is 0 Å². The number of aliphatic carboxylic acids is 1. The van der Waals surface area contributed by atoms with E-state index in [-0.39, 0.29) is 5.89 Å². The van der Waals surface area contributed by atoms with E-state index in [9.17, 15) is 14.7 Å². The maximum absolute atomic E-state index is 12.3. The lowest BCUT2D eigenvalue weighted by molar-refractivity contribution is -0.162. The maximum Gasteiger partial charge on any atom is 0.319 e. The van der Waals surface area contributed by atoms with E-state index in [2.05, 4.69) is 15.5 Å². The molecule has 2 aromatic rings. The van der Waals surface area contributed by atoms with Gasteiger partial charge in [0.1, 0.15) is 11.5 Å². The van der Waals surface area contributed by atoms with Gasteiger partial charge in [-0.1, -0.05) is 41.9 Å². The summed E-state index contributed by atoms with van der Waals surface area (Å²) in [5, 5.41) is 15.9. The van der Waals surface area contributed by atoms with Crippen LogP contribution in [0.3, 0.4) is 0 Å². The summed E-state index contributed by atoms with van der Waals surface area (Å²) in [5.41, 5.74) is -0.248. The minimum Gasteiger partial charge on any atom is -0.480 e. The minimum absolute atomic E-state index is 0.272. The Kier molecular flexibility index (Phi) is 4.33. The first kappa shape index (κ1) is 16.2. The highest BCUT2D eigenvalue weighted by atomic mass is 16.5. The van der Waals surface area contributed by atoms with Crippen LogP contribution in [0.4, 0.5) is 0 Å². The summed E-state index contributed by atoms with van der Waals surface area (Å²) >= 11 is 0. The molecule has 3 rings (SSSR count). The zero-order valence-electron chi connectivity index (χ0n) is 13.4. The van der Waals surface area contributed by atoms with Crippen LogP contribution in [-0.4, -0.2) is 27.1 Å². The van der Waals surface area contributed by atoms with Gasteiger partial charge in [0, 0.05) is 6.42 Å². The molecule has 1 aliphatic rings. The summed E-state index contributed by atoms with van der Waals surface area (Å²) in [4.78, 5) is 27.9. The van der Waals surface area contributed by atoms with E-state index in [0.29, 0.717) is 25.1 Å². The third kappa shape index (κ3) is 3.02. The summed E-state index contributed by atoms with van der Waals surface area (Å²) in [7, 11) is 0. The molecule has 1 saturated carbocycles. The largest absolute Gasteiger partial charge is 0.480 e. The number of nitrogens with zero attached hydrogens (tertiary/aromatic N) is 2. The molecule has 1 aromatic carbocycles. The smallest absolute Gasteiger partial charge is 0.319 e. The van der Waals surface area contributed by atoms with Crippen molar-refractivity contribution >= 4 is 11.9 Å². The third-order valence-corrected chi connectivity index (χ3v) is 4.46. The van der Waals surface area contributed by atoms with Crippen LogP contribution in [0.2, 0.25) is 0 Å². The number of carboxylic acids is 1. The number of hydrogen-bond donors (Lipinski definition) is 2. The topological polar surface area (TPSA) is 105 Å². The average Bonchev–Trinajstić information content (AvgIpc) is 2.95. The van der Waals surface area contributed by atoms with Gasteiger partial charge in [-0.2, -0.15) is 4.98 Å². The number of carbonyl (C=O) groups is 2. The predicted octanol–water partition coefficient (Wildman–Crippen LogP) is 2.09. The first-order chi connectivity index (χ1) is 11.5. The van der Waals surface area contributed by atoms with Crippen LogP contribution in [0.25, 0.3) is 0 Å². The highest BCUT2D eigenvalue weighted by Crippen LogP contribution is 2.41. The molecule has 1 heterocycles. The molecule has 126 valence electrons. The highest BCUT2D eigenvalue weighted by molar-refractivity contribution is 6.02. The van der Waals surface area contributed by atoms with Gasteiger partial charge in [0.05, 0.1) is 0 Å². The molecule has 1 aliphatic carbocycles. The molecule has 1 fully saturated rings. The number of rotatable bonds is 6. The Hall–Kier alpha value is -2.70. The van der Waals surface area contributed by atoms with Crippen molar-refractivity contribution in [1.82, 2.24) is 15.5 Å². The van der Waals surface area contributed by atoms with Crippen LogP contribution in [0.5, 0.6) is 0 Å². The first-order valence-electron chi connectivity index (χ1n) is 7.92. The molecule has 0 bridgehead atoms. The van der Waals surface area contributed by atoms with E-state index in [1.165, 1.54) is 0 Å². The Bertz CT molecular complexity index is 737. The standard InChI is InChI=1S/C17H19N3O4/c1-11(18-15(21)17(16(22)23)8-5-9-17)14-19-13(20-24-14)10-12-6-3-2-4-7-12/h2-4,6-7,11H,5,8-10H2,1H3,(H,18,21)(H,22,23). The van der Waals surface area contributed by atoms with Crippen LogP contribution in [0.1, 0.15) is 49.5 Å². The van der Waals surface area contributed by atoms with Crippen LogP contribution < -0.4 is 5.32 Å². The number of amides is 1. The van der Waals surface area contributed by atoms with Crippen molar-refractivity contribution < 1.29 is 19.2 Å². The molecule has 2 N–H and O–H groups in total. The van der Waals surface area contributed by atoms with Crippen LogP contribution in [0.15, 0.2) is 34.9 Å². The van der Waals surface area contributed by atoms with Crippen molar-refractivity contribution in [3.8, 4) is 0 Å². The lowest BCUT2D eigenvalue weighted by Gasteiger charge is -2.36. The van der Waals surface area contributed by atoms with Crippen LogP contribution in [-0.2, 0) is 16.0 Å². The number of hydrogen-bond acceptors (Lipinski definition) is 5. The van der Waals surface area contributed by atoms with Crippen molar-refractivity contribution in [2.45, 2.75) is 38.6 Å². The molecule has 7 heteroatoms. The Balaban J connectivity index is 1.64. The number of nitrogens with one attached hydrogen (secondary N) is 1. The molecule has 0 radical (unpaired) electrons. The lowest BCUT2D eigenvalue weighted by atomic mass is 9.68. The Morgan fingerprint density at radius 2 is 2.04 bits per heavy atom. The van der Waals surface area contributed by atoms with E-state index in [4.69, 9.17) is 4.52 Å². The Morgan fingerprint density at radius 3 is 2.62 bits per heavy atom. The van der Waals surface area contributed by atoms with Gasteiger partial charge in [-0.3, -0.25) is 9.59 Å². The molecule has 1 amide bonds. The van der Waals surface area contributed by atoms with Gasteiger partial charge < -0.3 is 14.9 Å². The summed E-state index contributed by atoms with van der Waals surface area (Å²) < 4.78 is 5.20. The Labute approximate surface area is 139 Å². The fourth-order valence-electron chi connectivity index (χ4n) is 2.76. The first-order valence-corrected chi connectivity index (χ1v) is 7.92. The van der Waals surface area contributed by atoms with Crippen molar-refractivity contribution in [3.63, 3.8) is 0 Å². The zero-order valence-corrected chi connectivity index (χ0v) is 13.4. The van der Waals surface area contributed by atoms with E-state index < -0.39 is 23.3 Å². The monoisotopic (exact) mass is 329 g/mol. The van der Waals surface area contributed by atoms with Crippen LogP contribution >= 0.6 is 0 Å². The second-order valence-corrected chi connectivity index (χ2v) is 6.15. The molecule has 1 unspecified atom stereocenters. The summed E-state index contributed by atoms with van der Waals surface area (Å²) in [6.45, 7) is 1.70. The fourth-order valence-corrected chi connectivity index (χ4v) is 2.76. The fraction of sp³-hybridized carbons (Fsp3) is 0.412. The van der Waals surface area contributed by atoms with E-state index >= 15 is 0 Å². The van der Waals surface area contributed by atoms with Crippen LogP contribution in [0, 0.1) is 5.41 Å². The van der Waals surface area contributed by atoms with Crippen molar-refractivity contribution in [2.75, 3.05) is 0 Å². The van der Waals surface area contributed by atoms with Gasteiger partial charge in [0.25, 0.3) is 0 Å². The molecular formula is C17H19N3O4. The predicted molar refractivity (Wildman–Crippen MR) is 84.0 cm³/mol. The van der Waals surface area contributed by atoms with E-state index in [1.807, 2.05) is 30.3 Å². The maximum atomic E-state index is 12.3. The lowest BCUT2D eigenvalue weighted by Crippen LogP contribution is -2.51. The molecular weight excluding hydrogens is 310 g/mol. The molecule has 24 heavy (non-hydrogen) atoms. The van der Waals surface area contributed by atoms with E-state index in [1.54, 1.807) is 6.92 Å². The number of carboxylic acid groups (broad SMARTS) is 1. The summed E-state index contributed by atoms with van der Waals surface area (Å²) in [5.74, 6) is -0.770. The SMILES string of the molecule is CC(NC(=O)C1(C(=O)O)CCC1)c1nc(Cc2ccccc2)no1. The molecule has 7 nitrogen and oxygen atoms in total. The van der Waals surface area contributed by atoms with Gasteiger partial charge in [0.2, 0.25) is 11.8 Å². The van der Waals surface area contributed by atoms with Gasteiger partial charge >= 0.3 is 5.97 Å². The second-order valence-electron chi connectivity index (χ2n) is 6.15. The Morgan fingerprint density at radius 1 is 1.33 bits per heavy atom. The van der Waals surface area contributed by atoms with Crippen molar-refractivity contribution in [1.29, 1.82) is 0 Å². The molecule has 0 spiro atoms. The average molecular weight is 329 g/mol. The van der Waals surface area contributed by atoms with Gasteiger partial charge in [-0.25, -0.2) is 0 Å². The molecule has 0 saturated heterocycles. The number of carbonyl (C=O) groups excluding carboxylic acids is 1. The van der Waals surface area contributed by atoms with Gasteiger partial charge in [-0.05, 0) is 25.3 Å². The molecule has 1 aromatic heterocycles. The number of benzene rings is 1. The van der Waals surface area contributed by atoms with E-state index in [0.717, 1.165) is 12.0 Å². The summed E-state index contributed by atoms with van der Waals surface area (Å²) in [6.07, 6.45) is 2.01. The van der Waals surface area contributed by atoms with Crippen molar-refractivity contribution in [3.05, 3.63) is 47.6 Å². The molecule has 1 atom stereocenters. The highest BCUT2D eigenvalue weighted by Gasteiger charge is 2.51. The normalized spacial score (nSPS) is 16.9. The summed E-state index contributed by atoms with van der Waals surface area (Å²) in [6, 6.07) is 9.20. The van der Waals surface area contributed by atoms with Crippen molar-refractivity contribution in [2.24, 2.45) is 5.41 Å². The zero-order chi connectivity index (χ0) is 17.2. The second kappa shape index (κ2) is 6.43. The van der Waals surface area contributed by atoms with Gasteiger partial charge in [0.15, 0.2) is 5.82 Å².